The number of amides is 2. The SMILES string of the molecule is COc1ccc(NC(=O)Nc2ccc(-c3nc(N4CCOCC4)c4nnn(C(C)C)c4n3)cc2)cc1. The number of nitrogens with one attached hydrogen (secondary N) is 2. The van der Waals surface area contributed by atoms with Crippen molar-refractivity contribution in [2.75, 3.05) is 48.9 Å². The molecule has 0 radical (unpaired) electrons. The minimum absolute atomic E-state index is 0.103. The highest BCUT2D eigenvalue weighted by Crippen LogP contribution is 2.28. The topological polar surface area (TPSA) is 119 Å². The summed E-state index contributed by atoms with van der Waals surface area (Å²) in [5.74, 6) is 2.05. The van der Waals surface area contributed by atoms with Gasteiger partial charge in [0.1, 0.15) is 5.75 Å². The lowest BCUT2D eigenvalue weighted by Crippen LogP contribution is -2.37. The highest BCUT2D eigenvalue weighted by molar-refractivity contribution is 5.99. The lowest BCUT2D eigenvalue weighted by molar-refractivity contribution is 0.122. The Balaban J connectivity index is 1.38. The van der Waals surface area contributed by atoms with Crippen LogP contribution in [0.15, 0.2) is 48.5 Å². The molecule has 2 aromatic heterocycles. The number of morpholine rings is 1. The summed E-state index contributed by atoms with van der Waals surface area (Å²) < 4.78 is 12.5. The molecule has 5 rings (SSSR count). The summed E-state index contributed by atoms with van der Waals surface area (Å²) in [7, 11) is 1.60. The van der Waals surface area contributed by atoms with Gasteiger partial charge in [-0.05, 0) is 62.4 Å². The molecule has 4 aromatic rings. The monoisotopic (exact) mass is 488 g/mol. The van der Waals surface area contributed by atoms with Gasteiger partial charge in [-0.15, -0.1) is 5.10 Å². The van der Waals surface area contributed by atoms with E-state index in [1.807, 2.05) is 42.8 Å². The molecule has 0 spiro atoms. The van der Waals surface area contributed by atoms with Crippen LogP contribution in [-0.2, 0) is 4.74 Å². The number of fused-ring (bicyclic) bond motifs is 1. The third-order valence-electron chi connectivity index (χ3n) is 5.85. The van der Waals surface area contributed by atoms with E-state index in [2.05, 4.69) is 25.8 Å². The number of nitrogens with zero attached hydrogens (tertiary/aromatic N) is 6. The molecule has 11 nitrogen and oxygen atoms in total. The molecule has 186 valence electrons. The van der Waals surface area contributed by atoms with Crippen LogP contribution in [-0.4, -0.2) is 64.4 Å². The first-order valence-electron chi connectivity index (χ1n) is 11.8. The van der Waals surface area contributed by atoms with Crippen LogP contribution in [0.1, 0.15) is 19.9 Å². The van der Waals surface area contributed by atoms with Crippen molar-refractivity contribution in [2.45, 2.75) is 19.9 Å². The number of urea groups is 1. The van der Waals surface area contributed by atoms with Crippen molar-refractivity contribution in [3.05, 3.63) is 48.5 Å². The summed E-state index contributed by atoms with van der Waals surface area (Å²) >= 11 is 0. The number of benzene rings is 2. The van der Waals surface area contributed by atoms with Crippen LogP contribution in [0.2, 0.25) is 0 Å². The molecule has 2 N–H and O–H groups in total. The smallest absolute Gasteiger partial charge is 0.323 e. The Morgan fingerprint density at radius 2 is 1.61 bits per heavy atom. The van der Waals surface area contributed by atoms with Crippen LogP contribution >= 0.6 is 0 Å². The molecular weight excluding hydrogens is 460 g/mol. The molecule has 36 heavy (non-hydrogen) atoms. The molecule has 11 heteroatoms. The third-order valence-corrected chi connectivity index (χ3v) is 5.85. The molecule has 0 atom stereocenters. The predicted molar refractivity (Wildman–Crippen MR) is 138 cm³/mol. The quantitative estimate of drug-likeness (QED) is 0.419. The zero-order valence-corrected chi connectivity index (χ0v) is 20.4. The maximum Gasteiger partial charge on any atom is 0.323 e. The second-order valence-corrected chi connectivity index (χ2v) is 8.66. The van der Waals surface area contributed by atoms with E-state index >= 15 is 0 Å². The molecule has 1 fully saturated rings. The van der Waals surface area contributed by atoms with Gasteiger partial charge in [-0.1, -0.05) is 5.21 Å². The van der Waals surface area contributed by atoms with Crippen LogP contribution in [0.25, 0.3) is 22.6 Å². The maximum atomic E-state index is 12.4. The maximum absolute atomic E-state index is 12.4. The molecule has 0 unspecified atom stereocenters. The first kappa shape index (κ1) is 23.5. The minimum Gasteiger partial charge on any atom is -0.497 e. The Labute approximate surface area is 208 Å². The summed E-state index contributed by atoms with van der Waals surface area (Å²) in [6.45, 7) is 6.82. The number of hydrogen-bond donors (Lipinski definition) is 2. The van der Waals surface area contributed by atoms with Crippen molar-refractivity contribution in [3.63, 3.8) is 0 Å². The molecule has 2 amide bonds. The van der Waals surface area contributed by atoms with Gasteiger partial charge in [-0.25, -0.2) is 19.4 Å². The first-order valence-corrected chi connectivity index (χ1v) is 11.8. The molecule has 1 aliphatic heterocycles. The van der Waals surface area contributed by atoms with Gasteiger partial charge in [-0.3, -0.25) is 0 Å². The average molecular weight is 489 g/mol. The number of carbonyl (C=O) groups is 1. The molecule has 0 bridgehead atoms. The molecule has 2 aromatic carbocycles. The summed E-state index contributed by atoms with van der Waals surface area (Å²) in [6.07, 6.45) is 0. The number of methoxy groups -OCH3 is 1. The van der Waals surface area contributed by atoms with E-state index in [-0.39, 0.29) is 12.1 Å². The van der Waals surface area contributed by atoms with Crippen molar-refractivity contribution >= 4 is 34.4 Å². The largest absolute Gasteiger partial charge is 0.497 e. The highest BCUT2D eigenvalue weighted by Gasteiger charge is 2.22. The Bertz CT molecular complexity index is 1350. The fraction of sp³-hybridized carbons (Fsp3) is 0.320. The van der Waals surface area contributed by atoms with E-state index in [0.717, 1.165) is 30.2 Å². The Morgan fingerprint density at radius 1 is 0.972 bits per heavy atom. The number of rotatable bonds is 6. The standard InChI is InChI=1S/C25H28N8O3/c1-16(2)33-24-21(30-31-33)23(32-12-14-36-15-13-32)28-22(29-24)17-4-6-18(7-5-17)26-25(34)27-19-8-10-20(35-3)11-9-19/h4-11,16H,12-15H2,1-3H3,(H2,26,27,34). The number of aromatic nitrogens is 5. The second kappa shape index (κ2) is 10.2. The van der Waals surface area contributed by atoms with E-state index in [0.29, 0.717) is 41.6 Å². The van der Waals surface area contributed by atoms with Crippen LogP contribution in [0.5, 0.6) is 5.75 Å². The van der Waals surface area contributed by atoms with E-state index in [4.69, 9.17) is 19.4 Å². The van der Waals surface area contributed by atoms with Gasteiger partial charge in [0.25, 0.3) is 0 Å². The summed E-state index contributed by atoms with van der Waals surface area (Å²) in [6, 6.07) is 14.3. The molecule has 3 heterocycles. The van der Waals surface area contributed by atoms with Gasteiger partial charge >= 0.3 is 6.03 Å². The minimum atomic E-state index is -0.341. The van der Waals surface area contributed by atoms with E-state index < -0.39 is 0 Å². The third kappa shape index (κ3) is 4.91. The molecule has 1 saturated heterocycles. The molecular formula is C25H28N8O3. The fourth-order valence-corrected chi connectivity index (χ4v) is 3.96. The molecule has 0 aliphatic carbocycles. The number of carbonyl (C=O) groups excluding carboxylic acids is 1. The van der Waals surface area contributed by atoms with Crippen molar-refractivity contribution in [2.24, 2.45) is 0 Å². The lowest BCUT2D eigenvalue weighted by atomic mass is 10.2. The number of ether oxygens (including phenoxy) is 2. The van der Waals surface area contributed by atoms with Gasteiger partial charge in [-0.2, -0.15) is 0 Å². The second-order valence-electron chi connectivity index (χ2n) is 8.66. The summed E-state index contributed by atoms with van der Waals surface area (Å²) in [5, 5.41) is 14.4. The van der Waals surface area contributed by atoms with E-state index in [9.17, 15) is 4.79 Å². The summed E-state index contributed by atoms with van der Waals surface area (Å²) in [5.41, 5.74) is 3.51. The van der Waals surface area contributed by atoms with Gasteiger partial charge in [0.2, 0.25) is 0 Å². The van der Waals surface area contributed by atoms with Crippen molar-refractivity contribution in [3.8, 4) is 17.1 Å². The predicted octanol–water partition coefficient (Wildman–Crippen LogP) is 3.96. The zero-order chi connectivity index (χ0) is 25.1. The number of hydrogen-bond acceptors (Lipinski definition) is 8. The summed E-state index contributed by atoms with van der Waals surface area (Å²) in [4.78, 5) is 24.2. The number of anilines is 3. The normalized spacial score (nSPS) is 13.7. The fourth-order valence-electron chi connectivity index (χ4n) is 3.96. The first-order chi connectivity index (χ1) is 17.5. The van der Waals surface area contributed by atoms with E-state index in [1.165, 1.54) is 0 Å². The highest BCUT2D eigenvalue weighted by atomic mass is 16.5. The Hall–Kier alpha value is -4.25. The zero-order valence-electron chi connectivity index (χ0n) is 20.4. The van der Waals surface area contributed by atoms with Gasteiger partial charge < -0.3 is 25.0 Å². The Morgan fingerprint density at radius 3 is 2.22 bits per heavy atom. The molecule has 1 aliphatic rings. The van der Waals surface area contributed by atoms with Crippen molar-refractivity contribution in [1.29, 1.82) is 0 Å². The average Bonchev–Trinajstić information content (AvgIpc) is 3.34. The van der Waals surface area contributed by atoms with Crippen LogP contribution in [0, 0.1) is 0 Å². The van der Waals surface area contributed by atoms with Gasteiger partial charge in [0, 0.05) is 30.0 Å². The van der Waals surface area contributed by atoms with E-state index in [1.54, 1.807) is 31.4 Å². The molecule has 0 saturated carbocycles. The van der Waals surface area contributed by atoms with Gasteiger partial charge in [0.05, 0.1) is 26.4 Å². The Kier molecular flexibility index (Phi) is 6.63. The lowest BCUT2D eigenvalue weighted by Gasteiger charge is -2.28. The van der Waals surface area contributed by atoms with Crippen LogP contribution < -0.4 is 20.3 Å². The van der Waals surface area contributed by atoms with Gasteiger partial charge in [0.15, 0.2) is 22.8 Å². The van der Waals surface area contributed by atoms with Crippen LogP contribution in [0.4, 0.5) is 22.0 Å². The van der Waals surface area contributed by atoms with Crippen molar-refractivity contribution in [1.82, 2.24) is 25.0 Å². The van der Waals surface area contributed by atoms with Crippen LogP contribution in [0.3, 0.4) is 0 Å². The van der Waals surface area contributed by atoms with Crippen molar-refractivity contribution < 1.29 is 14.3 Å².